The van der Waals surface area contributed by atoms with Crippen LogP contribution < -0.4 is 0 Å². The molecule has 12 heavy (non-hydrogen) atoms. The maximum atomic E-state index is 5.82. The van der Waals surface area contributed by atoms with Gasteiger partial charge < -0.3 is 4.43 Å². The predicted octanol–water partition coefficient (Wildman–Crippen LogP) is 3.72. The highest BCUT2D eigenvalue weighted by atomic mass is 35.5. The molecule has 0 unspecified atom stereocenters. The molecule has 0 spiro atoms. The van der Waals surface area contributed by atoms with E-state index in [0.717, 1.165) is 12.5 Å². The van der Waals surface area contributed by atoms with Crippen molar-refractivity contribution in [2.75, 3.05) is 0 Å². The summed E-state index contributed by atoms with van der Waals surface area (Å²) in [5, 5.41) is 0. The van der Waals surface area contributed by atoms with E-state index in [1.165, 1.54) is 5.54 Å². The van der Waals surface area contributed by atoms with Crippen LogP contribution >= 0.6 is 34.8 Å². The van der Waals surface area contributed by atoms with Crippen molar-refractivity contribution in [3.8, 4) is 0 Å². The van der Waals surface area contributed by atoms with Crippen LogP contribution in [-0.2, 0) is 4.43 Å². The summed E-state index contributed by atoms with van der Waals surface area (Å²) in [6.07, 6.45) is 1.06. The minimum absolute atomic E-state index is 0.316. The lowest BCUT2D eigenvalue weighted by atomic mass is 10.4. The maximum Gasteiger partial charge on any atom is 0.234 e. The van der Waals surface area contributed by atoms with Crippen LogP contribution in [0.2, 0.25) is 6.04 Å². The highest BCUT2D eigenvalue weighted by Crippen LogP contribution is 2.31. The average molecular weight is 246 g/mol. The normalized spacial score (nSPS) is 13.6. The molecular formula is C7H11Cl3OSi. The minimum Gasteiger partial charge on any atom is -0.385 e. The van der Waals surface area contributed by atoms with E-state index < -0.39 is 4.52 Å². The molecule has 0 aromatic rings. The van der Waals surface area contributed by atoms with Gasteiger partial charge in [0.1, 0.15) is 0 Å². The van der Waals surface area contributed by atoms with Crippen LogP contribution in [0.5, 0.6) is 0 Å². The standard InChI is InChI=1S/C7H11Cl3OSi/c1-3-4-12-11-7(9,10)6(2)5-8/h5H,3-4H2,1-2H3/b6-5+. The summed E-state index contributed by atoms with van der Waals surface area (Å²) in [5.74, 6) is 0. The molecule has 1 nitrogen and oxygen atoms in total. The summed E-state index contributed by atoms with van der Waals surface area (Å²) in [6.45, 7) is 3.80. The highest BCUT2D eigenvalue weighted by Gasteiger charge is 2.26. The largest absolute Gasteiger partial charge is 0.385 e. The molecule has 0 aromatic heterocycles. The fourth-order valence-electron chi connectivity index (χ4n) is 0.388. The molecule has 0 aliphatic heterocycles. The van der Waals surface area contributed by atoms with Gasteiger partial charge in [-0.2, -0.15) is 0 Å². The van der Waals surface area contributed by atoms with Gasteiger partial charge in [0.05, 0.1) is 0 Å². The number of hydrogen-bond donors (Lipinski definition) is 0. The Labute approximate surface area is 91.0 Å². The SMILES string of the molecule is CCC[Si]OC(Cl)(Cl)/C(C)=C/Cl. The molecule has 0 aliphatic carbocycles. The van der Waals surface area contributed by atoms with Crippen LogP contribution in [0.25, 0.3) is 0 Å². The first-order chi connectivity index (χ1) is 5.54. The monoisotopic (exact) mass is 244 g/mol. The van der Waals surface area contributed by atoms with E-state index in [1.54, 1.807) is 6.92 Å². The van der Waals surface area contributed by atoms with Gasteiger partial charge in [0.25, 0.3) is 0 Å². The Morgan fingerprint density at radius 3 is 2.58 bits per heavy atom. The highest BCUT2D eigenvalue weighted by molar-refractivity contribution is 6.51. The topological polar surface area (TPSA) is 9.23 Å². The van der Waals surface area contributed by atoms with Crippen molar-refractivity contribution in [1.82, 2.24) is 0 Å². The Hall–Kier alpha value is 0.787. The summed E-state index contributed by atoms with van der Waals surface area (Å²) in [7, 11) is 0.316. The predicted molar refractivity (Wildman–Crippen MR) is 56.0 cm³/mol. The lowest BCUT2D eigenvalue weighted by molar-refractivity contribution is 0.293. The molecule has 0 rings (SSSR count). The molecule has 0 aliphatic rings. The molecular weight excluding hydrogens is 235 g/mol. The Balaban J connectivity index is 3.87. The first-order valence-corrected chi connectivity index (χ1v) is 5.91. The van der Waals surface area contributed by atoms with Gasteiger partial charge in [-0.25, -0.2) is 0 Å². The zero-order chi connectivity index (χ0) is 9.61. The Kier molecular flexibility index (Phi) is 6.68. The molecule has 0 saturated heterocycles. The Morgan fingerprint density at radius 1 is 1.58 bits per heavy atom. The number of alkyl halides is 2. The molecule has 0 amide bonds. The Bertz CT molecular complexity index is 159. The van der Waals surface area contributed by atoms with Gasteiger partial charge in [-0.15, -0.1) is 0 Å². The zero-order valence-corrected chi connectivity index (χ0v) is 10.3. The maximum absolute atomic E-state index is 5.82. The van der Waals surface area contributed by atoms with Crippen molar-refractivity contribution in [2.45, 2.75) is 30.8 Å². The molecule has 2 radical (unpaired) electrons. The van der Waals surface area contributed by atoms with E-state index in [4.69, 9.17) is 39.2 Å². The van der Waals surface area contributed by atoms with E-state index in [-0.39, 0.29) is 0 Å². The van der Waals surface area contributed by atoms with Gasteiger partial charge in [-0.1, -0.05) is 48.1 Å². The van der Waals surface area contributed by atoms with Gasteiger partial charge >= 0.3 is 0 Å². The summed E-state index contributed by atoms with van der Waals surface area (Å²) < 4.78 is 3.97. The van der Waals surface area contributed by atoms with Gasteiger partial charge in [-0.3, -0.25) is 0 Å². The zero-order valence-electron chi connectivity index (χ0n) is 7.03. The van der Waals surface area contributed by atoms with E-state index in [9.17, 15) is 0 Å². The fourth-order valence-corrected chi connectivity index (χ4v) is 1.74. The second-order valence-corrected chi connectivity index (χ2v) is 4.77. The van der Waals surface area contributed by atoms with Crippen LogP contribution in [0.15, 0.2) is 11.1 Å². The summed E-state index contributed by atoms with van der Waals surface area (Å²) in [6, 6.07) is 0.969. The summed E-state index contributed by atoms with van der Waals surface area (Å²) >= 11 is 17.1. The van der Waals surface area contributed by atoms with Crippen molar-refractivity contribution in [1.29, 1.82) is 0 Å². The molecule has 0 bridgehead atoms. The van der Waals surface area contributed by atoms with Crippen LogP contribution in [0.4, 0.5) is 0 Å². The second kappa shape index (κ2) is 6.27. The van der Waals surface area contributed by atoms with Crippen LogP contribution in [0.3, 0.4) is 0 Å². The minimum atomic E-state index is -1.25. The first kappa shape index (κ1) is 12.8. The second-order valence-electron chi connectivity index (χ2n) is 2.31. The van der Waals surface area contributed by atoms with Gasteiger partial charge in [0.2, 0.25) is 14.3 Å². The molecule has 0 saturated carbocycles. The number of halogens is 3. The van der Waals surface area contributed by atoms with E-state index in [0.29, 0.717) is 15.3 Å². The third-order valence-electron chi connectivity index (χ3n) is 1.18. The molecule has 0 fully saturated rings. The Morgan fingerprint density at radius 2 is 2.17 bits per heavy atom. The van der Waals surface area contributed by atoms with Crippen LogP contribution in [0.1, 0.15) is 20.3 Å². The van der Waals surface area contributed by atoms with E-state index in [2.05, 4.69) is 6.92 Å². The van der Waals surface area contributed by atoms with Crippen LogP contribution in [0, 0.1) is 0 Å². The third kappa shape index (κ3) is 4.73. The van der Waals surface area contributed by atoms with Crippen molar-refractivity contribution in [2.24, 2.45) is 0 Å². The van der Waals surface area contributed by atoms with Gasteiger partial charge in [-0.05, 0) is 18.5 Å². The van der Waals surface area contributed by atoms with Crippen molar-refractivity contribution in [3.63, 3.8) is 0 Å². The lowest BCUT2D eigenvalue weighted by Gasteiger charge is -2.20. The molecule has 0 N–H and O–H groups in total. The smallest absolute Gasteiger partial charge is 0.234 e. The van der Waals surface area contributed by atoms with Crippen molar-refractivity contribution >= 4 is 44.6 Å². The molecule has 0 atom stereocenters. The summed E-state index contributed by atoms with van der Waals surface area (Å²) in [4.78, 5) is 0. The van der Waals surface area contributed by atoms with Gasteiger partial charge in [0.15, 0.2) is 0 Å². The van der Waals surface area contributed by atoms with E-state index in [1.807, 2.05) is 0 Å². The average Bonchev–Trinajstić information content (AvgIpc) is 2.03. The fraction of sp³-hybridized carbons (Fsp3) is 0.714. The number of rotatable bonds is 5. The molecule has 0 heterocycles. The number of hydrogen-bond acceptors (Lipinski definition) is 1. The van der Waals surface area contributed by atoms with Crippen LogP contribution in [-0.4, -0.2) is 14.3 Å². The molecule has 5 heteroatoms. The van der Waals surface area contributed by atoms with Crippen molar-refractivity contribution < 1.29 is 4.43 Å². The van der Waals surface area contributed by atoms with Gasteiger partial charge in [0, 0.05) is 5.54 Å². The van der Waals surface area contributed by atoms with E-state index >= 15 is 0 Å². The lowest BCUT2D eigenvalue weighted by Crippen LogP contribution is -2.21. The molecule has 70 valence electrons. The third-order valence-corrected chi connectivity index (χ3v) is 3.67. The summed E-state index contributed by atoms with van der Waals surface area (Å²) in [5.41, 5.74) is 1.94. The quantitative estimate of drug-likeness (QED) is 0.407. The molecule has 0 aromatic carbocycles. The first-order valence-electron chi connectivity index (χ1n) is 3.60. The van der Waals surface area contributed by atoms with Crippen molar-refractivity contribution in [3.05, 3.63) is 11.1 Å².